The zero-order chi connectivity index (χ0) is 19.4. The number of hydrogen-bond donors (Lipinski definition) is 0. The lowest BCUT2D eigenvalue weighted by Crippen LogP contribution is -2.15. The Bertz CT molecular complexity index is 518. The molecule has 0 aromatic heterocycles. The summed E-state index contributed by atoms with van der Waals surface area (Å²) in [6.07, 6.45) is 19.7. The van der Waals surface area contributed by atoms with Gasteiger partial charge >= 0.3 is 0 Å². The summed E-state index contributed by atoms with van der Waals surface area (Å²) >= 11 is 0. The van der Waals surface area contributed by atoms with Crippen LogP contribution in [0.5, 0.6) is 0 Å². The van der Waals surface area contributed by atoms with Gasteiger partial charge in [-0.25, -0.2) is 0 Å². The van der Waals surface area contributed by atoms with Gasteiger partial charge in [0.25, 0.3) is 0 Å². The van der Waals surface area contributed by atoms with Crippen molar-refractivity contribution in [3.8, 4) is 0 Å². The first-order chi connectivity index (χ1) is 12.6. The topological polar surface area (TPSA) is 0 Å². The van der Waals surface area contributed by atoms with Gasteiger partial charge in [0.1, 0.15) is 0 Å². The van der Waals surface area contributed by atoms with E-state index in [-0.39, 0.29) is 0 Å². The van der Waals surface area contributed by atoms with E-state index in [4.69, 9.17) is 0 Å². The molecule has 0 heteroatoms. The number of rotatable bonds is 11. The van der Waals surface area contributed by atoms with Gasteiger partial charge in [0, 0.05) is 0 Å². The first-order valence-corrected chi connectivity index (χ1v) is 11.0. The highest BCUT2D eigenvalue weighted by Crippen LogP contribution is 2.36. The second-order valence-corrected chi connectivity index (χ2v) is 8.09. The van der Waals surface area contributed by atoms with Gasteiger partial charge in [-0.2, -0.15) is 0 Å². The van der Waals surface area contributed by atoms with Crippen molar-refractivity contribution in [2.45, 2.75) is 91.9 Å². The Balaban J connectivity index is 2.80. The lowest BCUT2D eigenvalue weighted by molar-refractivity contribution is 0.360. The third-order valence-electron chi connectivity index (χ3n) is 6.02. The maximum Gasteiger partial charge on any atom is -0.0125 e. The molecule has 2 atom stereocenters. The SMILES string of the molecule is C=C=C(C(C)CCC(CCC)C(/C=C\C)=C/C(=C)CC)C1CCCCC1. The van der Waals surface area contributed by atoms with E-state index in [0.717, 1.165) is 12.3 Å². The van der Waals surface area contributed by atoms with Gasteiger partial charge in [-0.05, 0) is 74.3 Å². The van der Waals surface area contributed by atoms with Crippen LogP contribution in [0.15, 0.2) is 53.8 Å². The molecule has 1 saturated carbocycles. The van der Waals surface area contributed by atoms with Crippen molar-refractivity contribution in [3.05, 3.63) is 53.8 Å². The van der Waals surface area contributed by atoms with E-state index in [9.17, 15) is 0 Å². The molecule has 0 amide bonds. The van der Waals surface area contributed by atoms with Gasteiger partial charge in [0.05, 0.1) is 0 Å². The minimum Gasteiger partial charge on any atom is -0.129 e. The molecular formula is C26H42. The van der Waals surface area contributed by atoms with E-state index >= 15 is 0 Å². The minimum absolute atomic E-state index is 0.608. The Morgan fingerprint density at radius 1 is 1.12 bits per heavy atom. The molecule has 1 aliphatic rings. The molecule has 2 unspecified atom stereocenters. The molecule has 1 fully saturated rings. The molecule has 0 aromatic rings. The first-order valence-electron chi connectivity index (χ1n) is 11.0. The molecule has 146 valence electrons. The monoisotopic (exact) mass is 354 g/mol. The molecule has 0 saturated heterocycles. The van der Waals surface area contributed by atoms with Crippen LogP contribution in [-0.2, 0) is 0 Å². The molecule has 0 heterocycles. The van der Waals surface area contributed by atoms with Crippen molar-refractivity contribution < 1.29 is 0 Å². The van der Waals surface area contributed by atoms with Gasteiger partial charge in [0.15, 0.2) is 0 Å². The summed E-state index contributed by atoms with van der Waals surface area (Å²) in [5, 5.41) is 0. The minimum atomic E-state index is 0.608. The Morgan fingerprint density at radius 3 is 2.35 bits per heavy atom. The number of allylic oxidation sites excluding steroid dienone is 6. The molecule has 1 rings (SSSR count). The fraction of sp³-hybridized carbons (Fsp3) is 0.654. The second-order valence-electron chi connectivity index (χ2n) is 8.09. The highest BCUT2D eigenvalue weighted by atomic mass is 14.3. The van der Waals surface area contributed by atoms with Crippen LogP contribution in [0, 0.1) is 17.8 Å². The lowest BCUT2D eigenvalue weighted by Gasteiger charge is -2.28. The predicted octanol–water partition coefficient (Wildman–Crippen LogP) is 8.58. The van der Waals surface area contributed by atoms with Gasteiger partial charge in [0.2, 0.25) is 0 Å². The molecule has 0 nitrogen and oxygen atoms in total. The van der Waals surface area contributed by atoms with Crippen molar-refractivity contribution >= 4 is 0 Å². The highest BCUT2D eigenvalue weighted by molar-refractivity contribution is 5.30. The molecule has 0 bridgehead atoms. The van der Waals surface area contributed by atoms with E-state index in [2.05, 4.69) is 64.8 Å². The van der Waals surface area contributed by atoms with Crippen LogP contribution in [0.3, 0.4) is 0 Å². The largest absolute Gasteiger partial charge is 0.129 e. The van der Waals surface area contributed by atoms with E-state index in [0.29, 0.717) is 11.8 Å². The van der Waals surface area contributed by atoms with Crippen LogP contribution in [-0.4, -0.2) is 0 Å². The van der Waals surface area contributed by atoms with Crippen LogP contribution < -0.4 is 0 Å². The van der Waals surface area contributed by atoms with Gasteiger partial charge in [-0.15, -0.1) is 5.73 Å². The van der Waals surface area contributed by atoms with Crippen LogP contribution in [0.4, 0.5) is 0 Å². The van der Waals surface area contributed by atoms with E-state index in [1.807, 2.05) is 0 Å². The quantitative estimate of drug-likeness (QED) is 0.257. The molecule has 26 heavy (non-hydrogen) atoms. The summed E-state index contributed by atoms with van der Waals surface area (Å²) in [7, 11) is 0. The molecule has 0 spiro atoms. The summed E-state index contributed by atoms with van der Waals surface area (Å²) in [5.74, 6) is 1.99. The van der Waals surface area contributed by atoms with Gasteiger partial charge < -0.3 is 0 Å². The average molecular weight is 355 g/mol. The predicted molar refractivity (Wildman–Crippen MR) is 118 cm³/mol. The standard InChI is InChI=1S/C26H42/c1-7-14-23(25(15-8-2)20-21(5)9-3)19-18-22(6)26(10-4)24-16-12-11-13-17-24/h8,15,20,22-24H,4-5,7,9,11-14,16-19H2,1-3,6H3/b15-8-,25-20+. The zero-order valence-corrected chi connectivity index (χ0v) is 17.9. The average Bonchev–Trinajstić information content (AvgIpc) is 2.66. The van der Waals surface area contributed by atoms with Crippen LogP contribution in [0.25, 0.3) is 0 Å². The Labute approximate surface area is 163 Å². The van der Waals surface area contributed by atoms with Gasteiger partial charge in [-0.3, -0.25) is 0 Å². The fourth-order valence-corrected chi connectivity index (χ4v) is 4.40. The molecule has 0 N–H and O–H groups in total. The normalized spacial score (nSPS) is 18.5. The lowest BCUT2D eigenvalue weighted by atomic mass is 9.77. The van der Waals surface area contributed by atoms with E-state index < -0.39 is 0 Å². The smallest absolute Gasteiger partial charge is 0.0125 e. The summed E-state index contributed by atoms with van der Waals surface area (Å²) in [5.41, 5.74) is 7.56. The van der Waals surface area contributed by atoms with Gasteiger partial charge in [-0.1, -0.05) is 83.4 Å². The third kappa shape index (κ3) is 7.55. The van der Waals surface area contributed by atoms with Crippen LogP contribution >= 0.6 is 0 Å². The Morgan fingerprint density at radius 2 is 1.81 bits per heavy atom. The number of hydrogen-bond acceptors (Lipinski definition) is 0. The molecular weight excluding hydrogens is 312 g/mol. The fourth-order valence-electron chi connectivity index (χ4n) is 4.40. The summed E-state index contributed by atoms with van der Waals surface area (Å²) in [4.78, 5) is 0. The summed E-state index contributed by atoms with van der Waals surface area (Å²) < 4.78 is 0. The third-order valence-corrected chi connectivity index (χ3v) is 6.02. The molecule has 1 aliphatic carbocycles. The van der Waals surface area contributed by atoms with E-state index in [1.165, 1.54) is 74.5 Å². The summed E-state index contributed by atoms with van der Waals surface area (Å²) in [6.45, 7) is 17.3. The zero-order valence-electron chi connectivity index (χ0n) is 17.9. The molecule has 0 aliphatic heterocycles. The van der Waals surface area contributed by atoms with Crippen molar-refractivity contribution in [1.29, 1.82) is 0 Å². The first kappa shape index (κ1) is 22.8. The van der Waals surface area contributed by atoms with E-state index in [1.54, 1.807) is 0 Å². The van der Waals surface area contributed by atoms with Crippen LogP contribution in [0.1, 0.15) is 91.9 Å². The van der Waals surface area contributed by atoms with Crippen molar-refractivity contribution in [2.75, 3.05) is 0 Å². The Hall–Kier alpha value is -1.26. The van der Waals surface area contributed by atoms with Crippen molar-refractivity contribution in [1.82, 2.24) is 0 Å². The van der Waals surface area contributed by atoms with Crippen LogP contribution in [0.2, 0.25) is 0 Å². The maximum absolute atomic E-state index is 4.20. The molecule has 0 aromatic carbocycles. The van der Waals surface area contributed by atoms with Crippen molar-refractivity contribution in [2.24, 2.45) is 17.8 Å². The highest BCUT2D eigenvalue weighted by Gasteiger charge is 2.23. The molecule has 0 radical (unpaired) electrons. The van der Waals surface area contributed by atoms with Crippen molar-refractivity contribution in [3.63, 3.8) is 0 Å². The Kier molecular flexibility index (Phi) is 11.4. The maximum atomic E-state index is 4.20. The second kappa shape index (κ2) is 13.0. The summed E-state index contributed by atoms with van der Waals surface area (Å²) in [6, 6.07) is 0.